The van der Waals surface area contributed by atoms with Crippen LogP contribution >= 0.6 is 0 Å². The number of para-hydroxylation sites is 1. The molecule has 3 heteroatoms. The van der Waals surface area contributed by atoms with E-state index in [-0.39, 0.29) is 0 Å². The van der Waals surface area contributed by atoms with Gasteiger partial charge in [0.2, 0.25) is 0 Å². The number of rotatable bonds is 1. The van der Waals surface area contributed by atoms with Gasteiger partial charge in [0.1, 0.15) is 0 Å². The van der Waals surface area contributed by atoms with Crippen molar-refractivity contribution in [2.24, 2.45) is 0 Å². The molecule has 11 heavy (non-hydrogen) atoms. The summed E-state index contributed by atoms with van der Waals surface area (Å²) in [7, 11) is 0. The van der Waals surface area contributed by atoms with Crippen LogP contribution in [-0.4, -0.2) is 10.2 Å². The van der Waals surface area contributed by atoms with Gasteiger partial charge in [0.05, 0.1) is 0 Å². The molecule has 1 aromatic carbocycles. The Morgan fingerprint density at radius 2 is 1.82 bits per heavy atom. The molecule has 1 rings (SSSR count). The van der Waals surface area contributed by atoms with E-state index in [4.69, 9.17) is 15.9 Å². The first-order chi connectivity index (χ1) is 5.02. The van der Waals surface area contributed by atoms with Crippen LogP contribution in [0.25, 0.3) is 0 Å². The number of aliphatic hydroxyl groups is 2. The fourth-order valence-electron chi connectivity index (χ4n) is 0.928. The quantitative estimate of drug-likeness (QED) is 0.405. The Kier molecular flexibility index (Phi) is 1.85. The van der Waals surface area contributed by atoms with Gasteiger partial charge in [0, 0.05) is 11.3 Å². The molecule has 0 aromatic heterocycles. The molecule has 0 unspecified atom stereocenters. The molecule has 60 valence electrons. The summed E-state index contributed by atoms with van der Waals surface area (Å²) in [5.74, 6) is -1.84. The summed E-state index contributed by atoms with van der Waals surface area (Å²) in [5, 5.41) is 18.3. The average molecular weight is 153 g/mol. The lowest BCUT2D eigenvalue weighted by Gasteiger charge is -2.17. The lowest BCUT2D eigenvalue weighted by atomic mass is 10.1. The summed E-state index contributed by atoms with van der Waals surface area (Å²) < 4.78 is 0. The largest absolute Gasteiger partial charge is 0.398 e. The van der Waals surface area contributed by atoms with E-state index >= 15 is 0 Å². The number of hydrogen-bond donors (Lipinski definition) is 3. The van der Waals surface area contributed by atoms with Crippen LogP contribution in [0, 0.1) is 0 Å². The van der Waals surface area contributed by atoms with Crippen LogP contribution in [0.15, 0.2) is 24.3 Å². The lowest BCUT2D eigenvalue weighted by molar-refractivity contribution is -0.152. The van der Waals surface area contributed by atoms with Crippen molar-refractivity contribution in [3.63, 3.8) is 0 Å². The van der Waals surface area contributed by atoms with Gasteiger partial charge in [0.25, 0.3) is 0 Å². The standard InChI is InChI=1S/C8H11NO2/c1-8(10,11)6-4-2-3-5-7(6)9/h2-5,10-11H,9H2,1H3. The molecule has 0 spiro atoms. The van der Waals surface area contributed by atoms with Crippen LogP contribution in [-0.2, 0) is 5.79 Å². The highest BCUT2D eigenvalue weighted by Crippen LogP contribution is 2.22. The molecule has 4 N–H and O–H groups in total. The van der Waals surface area contributed by atoms with Crippen LogP contribution < -0.4 is 5.73 Å². The Balaban J connectivity index is 3.14. The molecule has 0 heterocycles. The Morgan fingerprint density at radius 3 is 2.18 bits per heavy atom. The number of anilines is 1. The predicted octanol–water partition coefficient (Wildman–Crippen LogP) is 0.426. The van der Waals surface area contributed by atoms with Crippen molar-refractivity contribution in [3.05, 3.63) is 29.8 Å². The van der Waals surface area contributed by atoms with Crippen molar-refractivity contribution in [1.29, 1.82) is 0 Å². The topological polar surface area (TPSA) is 66.5 Å². The fraction of sp³-hybridized carbons (Fsp3) is 0.250. The van der Waals surface area contributed by atoms with E-state index in [1.165, 1.54) is 6.92 Å². The summed E-state index contributed by atoms with van der Waals surface area (Å²) in [5.41, 5.74) is 6.21. The normalized spacial score (nSPS) is 11.5. The van der Waals surface area contributed by atoms with Gasteiger partial charge >= 0.3 is 0 Å². The van der Waals surface area contributed by atoms with Crippen LogP contribution in [0.4, 0.5) is 5.69 Å². The average Bonchev–Trinajstić information content (AvgIpc) is 1.86. The minimum absolute atomic E-state index is 0.333. The fourth-order valence-corrected chi connectivity index (χ4v) is 0.928. The highest BCUT2D eigenvalue weighted by molar-refractivity contribution is 5.48. The summed E-state index contributed by atoms with van der Waals surface area (Å²) in [6.45, 7) is 1.28. The molecule has 3 nitrogen and oxygen atoms in total. The van der Waals surface area contributed by atoms with Crippen molar-refractivity contribution >= 4 is 5.69 Å². The van der Waals surface area contributed by atoms with Crippen molar-refractivity contribution in [1.82, 2.24) is 0 Å². The highest BCUT2D eigenvalue weighted by Gasteiger charge is 2.20. The zero-order valence-corrected chi connectivity index (χ0v) is 6.28. The van der Waals surface area contributed by atoms with Crippen LogP contribution in [0.5, 0.6) is 0 Å². The number of nitrogens with two attached hydrogens (primary N) is 1. The first-order valence-corrected chi connectivity index (χ1v) is 3.31. The second-order valence-electron chi connectivity index (χ2n) is 2.61. The number of nitrogen functional groups attached to an aromatic ring is 1. The van der Waals surface area contributed by atoms with Crippen molar-refractivity contribution < 1.29 is 10.2 Å². The van der Waals surface area contributed by atoms with E-state index in [1.54, 1.807) is 24.3 Å². The Bertz CT molecular complexity index is 253. The Labute approximate surface area is 65.1 Å². The zero-order chi connectivity index (χ0) is 8.48. The number of hydrogen-bond acceptors (Lipinski definition) is 3. The lowest BCUT2D eigenvalue weighted by Crippen LogP contribution is -2.21. The van der Waals surface area contributed by atoms with E-state index in [2.05, 4.69) is 0 Å². The van der Waals surface area contributed by atoms with Crippen molar-refractivity contribution in [3.8, 4) is 0 Å². The van der Waals surface area contributed by atoms with E-state index in [9.17, 15) is 0 Å². The molecule has 0 aliphatic carbocycles. The maximum atomic E-state index is 9.15. The van der Waals surface area contributed by atoms with E-state index < -0.39 is 5.79 Å². The monoisotopic (exact) mass is 153 g/mol. The maximum absolute atomic E-state index is 9.15. The molecular formula is C8H11NO2. The Hall–Kier alpha value is -1.06. The van der Waals surface area contributed by atoms with Crippen LogP contribution in [0.2, 0.25) is 0 Å². The molecule has 0 radical (unpaired) electrons. The van der Waals surface area contributed by atoms with Crippen LogP contribution in [0.1, 0.15) is 12.5 Å². The molecule has 0 fully saturated rings. The van der Waals surface area contributed by atoms with E-state index in [0.29, 0.717) is 11.3 Å². The zero-order valence-electron chi connectivity index (χ0n) is 6.28. The van der Waals surface area contributed by atoms with Gasteiger partial charge in [-0.25, -0.2) is 0 Å². The van der Waals surface area contributed by atoms with Crippen LogP contribution in [0.3, 0.4) is 0 Å². The first-order valence-electron chi connectivity index (χ1n) is 3.31. The molecule has 0 saturated heterocycles. The molecule has 0 saturated carbocycles. The Morgan fingerprint density at radius 1 is 1.27 bits per heavy atom. The molecule has 0 amide bonds. The summed E-state index contributed by atoms with van der Waals surface area (Å²) >= 11 is 0. The van der Waals surface area contributed by atoms with Gasteiger partial charge in [-0.15, -0.1) is 0 Å². The second-order valence-corrected chi connectivity index (χ2v) is 2.61. The van der Waals surface area contributed by atoms with Gasteiger partial charge in [0.15, 0.2) is 5.79 Å². The number of benzene rings is 1. The molecule has 0 aliphatic heterocycles. The van der Waals surface area contributed by atoms with Crippen molar-refractivity contribution in [2.45, 2.75) is 12.7 Å². The highest BCUT2D eigenvalue weighted by atomic mass is 16.5. The molecular weight excluding hydrogens is 142 g/mol. The minimum atomic E-state index is -1.84. The van der Waals surface area contributed by atoms with Gasteiger partial charge in [-0.2, -0.15) is 0 Å². The second kappa shape index (κ2) is 2.53. The van der Waals surface area contributed by atoms with Crippen molar-refractivity contribution in [2.75, 3.05) is 5.73 Å². The molecule has 0 aliphatic rings. The molecule has 0 atom stereocenters. The summed E-state index contributed by atoms with van der Waals surface area (Å²) in [4.78, 5) is 0. The maximum Gasteiger partial charge on any atom is 0.188 e. The van der Waals surface area contributed by atoms with E-state index in [0.717, 1.165) is 0 Å². The SMILES string of the molecule is CC(O)(O)c1ccccc1N. The van der Waals surface area contributed by atoms with Gasteiger partial charge < -0.3 is 15.9 Å². The van der Waals surface area contributed by atoms with Gasteiger partial charge in [-0.1, -0.05) is 18.2 Å². The third kappa shape index (κ3) is 1.69. The summed E-state index contributed by atoms with van der Waals surface area (Å²) in [6, 6.07) is 6.65. The molecule has 0 bridgehead atoms. The smallest absolute Gasteiger partial charge is 0.188 e. The first kappa shape index (κ1) is 8.04. The van der Waals surface area contributed by atoms with Gasteiger partial charge in [-0.05, 0) is 13.0 Å². The van der Waals surface area contributed by atoms with E-state index in [1.807, 2.05) is 0 Å². The predicted molar refractivity (Wildman–Crippen MR) is 42.6 cm³/mol. The minimum Gasteiger partial charge on any atom is -0.398 e. The molecule has 1 aromatic rings. The third-order valence-electron chi connectivity index (χ3n) is 1.47. The van der Waals surface area contributed by atoms with Gasteiger partial charge in [-0.3, -0.25) is 0 Å². The third-order valence-corrected chi connectivity index (χ3v) is 1.47. The summed E-state index contributed by atoms with van der Waals surface area (Å²) in [6.07, 6.45) is 0.